The van der Waals surface area contributed by atoms with Crippen molar-refractivity contribution >= 4 is 11.3 Å². The van der Waals surface area contributed by atoms with Crippen LogP contribution in [0.5, 0.6) is 0 Å². The molecule has 10 heavy (non-hydrogen) atoms. The lowest BCUT2D eigenvalue weighted by Crippen LogP contribution is -1.96. The monoisotopic (exact) mass is 154 g/mol. The quantitative estimate of drug-likeness (QED) is 0.647. The zero-order valence-electron chi connectivity index (χ0n) is 5.20. The SMILES string of the molecule is N#Cc1ccc(CON)s1. The number of hydrogen-bond donors (Lipinski definition) is 1. The Bertz CT molecular complexity index is 250. The molecular weight excluding hydrogens is 148 g/mol. The van der Waals surface area contributed by atoms with Crippen LogP contribution in [0.2, 0.25) is 0 Å². The maximum Gasteiger partial charge on any atom is 0.110 e. The van der Waals surface area contributed by atoms with Crippen molar-refractivity contribution in [1.82, 2.24) is 0 Å². The normalized spacial score (nSPS) is 9.20. The van der Waals surface area contributed by atoms with E-state index in [4.69, 9.17) is 11.2 Å². The van der Waals surface area contributed by atoms with E-state index in [1.54, 1.807) is 6.07 Å². The summed E-state index contributed by atoms with van der Waals surface area (Å²) in [6, 6.07) is 5.61. The predicted octanol–water partition coefficient (Wildman–Crippen LogP) is 1.01. The second-order valence-electron chi connectivity index (χ2n) is 1.69. The molecule has 52 valence electrons. The van der Waals surface area contributed by atoms with Crippen LogP contribution in [0.3, 0.4) is 0 Å². The molecule has 1 aromatic rings. The Hall–Kier alpha value is -0.890. The van der Waals surface area contributed by atoms with Crippen molar-refractivity contribution in [3.63, 3.8) is 0 Å². The van der Waals surface area contributed by atoms with Crippen LogP contribution < -0.4 is 5.90 Å². The van der Waals surface area contributed by atoms with E-state index in [0.717, 1.165) is 4.88 Å². The van der Waals surface area contributed by atoms with Gasteiger partial charge in [-0.25, -0.2) is 5.90 Å². The van der Waals surface area contributed by atoms with Crippen LogP contribution in [0, 0.1) is 11.3 Å². The molecule has 0 spiro atoms. The van der Waals surface area contributed by atoms with Crippen molar-refractivity contribution in [2.75, 3.05) is 0 Å². The molecule has 0 aliphatic heterocycles. The smallest absolute Gasteiger partial charge is 0.110 e. The van der Waals surface area contributed by atoms with Gasteiger partial charge < -0.3 is 0 Å². The maximum atomic E-state index is 8.41. The first-order valence-corrected chi connectivity index (χ1v) is 3.49. The summed E-state index contributed by atoms with van der Waals surface area (Å²) in [5, 5.41) is 8.41. The van der Waals surface area contributed by atoms with Gasteiger partial charge in [0.15, 0.2) is 0 Å². The molecule has 1 rings (SSSR count). The molecule has 0 saturated carbocycles. The van der Waals surface area contributed by atoms with Gasteiger partial charge in [0, 0.05) is 4.88 Å². The number of thiophene rings is 1. The Balaban J connectivity index is 2.71. The standard InChI is InChI=1S/C6H6N2OS/c7-3-5-1-2-6(10-5)4-9-8/h1-2H,4,8H2. The van der Waals surface area contributed by atoms with E-state index in [9.17, 15) is 0 Å². The van der Waals surface area contributed by atoms with Gasteiger partial charge in [-0.15, -0.1) is 11.3 Å². The van der Waals surface area contributed by atoms with E-state index in [-0.39, 0.29) is 0 Å². The zero-order valence-corrected chi connectivity index (χ0v) is 6.02. The van der Waals surface area contributed by atoms with E-state index in [0.29, 0.717) is 11.5 Å². The summed E-state index contributed by atoms with van der Waals surface area (Å²) in [4.78, 5) is 6.05. The fourth-order valence-corrected chi connectivity index (χ4v) is 1.32. The highest BCUT2D eigenvalue weighted by molar-refractivity contribution is 7.12. The highest BCUT2D eigenvalue weighted by atomic mass is 32.1. The molecule has 0 aromatic carbocycles. The summed E-state index contributed by atoms with van der Waals surface area (Å²) in [6.45, 7) is 0.381. The van der Waals surface area contributed by atoms with Crippen molar-refractivity contribution in [3.8, 4) is 6.07 Å². The first-order chi connectivity index (χ1) is 4.86. The van der Waals surface area contributed by atoms with Crippen LogP contribution in [-0.4, -0.2) is 0 Å². The third-order valence-electron chi connectivity index (χ3n) is 0.997. The molecule has 0 aliphatic rings. The van der Waals surface area contributed by atoms with Gasteiger partial charge in [0.1, 0.15) is 17.6 Å². The fraction of sp³-hybridized carbons (Fsp3) is 0.167. The van der Waals surface area contributed by atoms with E-state index in [2.05, 4.69) is 4.84 Å². The third-order valence-corrected chi connectivity index (χ3v) is 1.96. The highest BCUT2D eigenvalue weighted by Crippen LogP contribution is 2.15. The minimum atomic E-state index is 0.381. The van der Waals surface area contributed by atoms with Crippen molar-refractivity contribution < 1.29 is 4.84 Å². The van der Waals surface area contributed by atoms with Crippen LogP contribution in [0.1, 0.15) is 9.75 Å². The molecule has 0 unspecified atom stereocenters. The molecular formula is C6H6N2OS. The average molecular weight is 154 g/mol. The molecule has 4 heteroatoms. The Morgan fingerprint density at radius 1 is 1.70 bits per heavy atom. The average Bonchev–Trinajstić information content (AvgIpc) is 2.37. The zero-order chi connectivity index (χ0) is 7.40. The lowest BCUT2D eigenvalue weighted by atomic mass is 10.4. The number of nitriles is 1. The Morgan fingerprint density at radius 2 is 2.50 bits per heavy atom. The topological polar surface area (TPSA) is 59.0 Å². The van der Waals surface area contributed by atoms with E-state index in [1.807, 2.05) is 12.1 Å². The highest BCUT2D eigenvalue weighted by Gasteiger charge is 1.96. The van der Waals surface area contributed by atoms with Gasteiger partial charge in [-0.1, -0.05) is 0 Å². The molecule has 0 aliphatic carbocycles. The molecule has 0 atom stereocenters. The third kappa shape index (κ3) is 1.54. The van der Waals surface area contributed by atoms with Gasteiger partial charge in [0.05, 0.1) is 0 Å². The summed E-state index contributed by atoms with van der Waals surface area (Å²) < 4.78 is 0. The Kier molecular flexibility index (Phi) is 2.40. The van der Waals surface area contributed by atoms with Crippen molar-refractivity contribution in [2.24, 2.45) is 5.90 Å². The van der Waals surface area contributed by atoms with Gasteiger partial charge in [-0.3, -0.25) is 4.84 Å². The summed E-state index contributed by atoms with van der Waals surface area (Å²) in [7, 11) is 0. The van der Waals surface area contributed by atoms with Gasteiger partial charge >= 0.3 is 0 Å². The van der Waals surface area contributed by atoms with Gasteiger partial charge in [0.2, 0.25) is 0 Å². The number of nitrogens with two attached hydrogens (primary N) is 1. The van der Waals surface area contributed by atoms with Crippen LogP contribution in [0.4, 0.5) is 0 Å². The lowest BCUT2D eigenvalue weighted by molar-refractivity contribution is 0.126. The Morgan fingerprint density at radius 3 is 3.00 bits per heavy atom. The van der Waals surface area contributed by atoms with Crippen LogP contribution in [0.25, 0.3) is 0 Å². The van der Waals surface area contributed by atoms with E-state index >= 15 is 0 Å². The summed E-state index contributed by atoms with van der Waals surface area (Å²) in [6.07, 6.45) is 0. The van der Waals surface area contributed by atoms with Crippen molar-refractivity contribution in [1.29, 1.82) is 5.26 Å². The van der Waals surface area contributed by atoms with Gasteiger partial charge in [-0.05, 0) is 12.1 Å². The molecule has 2 N–H and O–H groups in total. The minimum absolute atomic E-state index is 0.381. The van der Waals surface area contributed by atoms with Crippen molar-refractivity contribution in [2.45, 2.75) is 6.61 Å². The maximum absolute atomic E-state index is 8.41. The lowest BCUT2D eigenvalue weighted by Gasteiger charge is -1.88. The molecule has 0 saturated heterocycles. The summed E-state index contributed by atoms with van der Waals surface area (Å²) >= 11 is 1.39. The van der Waals surface area contributed by atoms with Crippen LogP contribution in [-0.2, 0) is 11.4 Å². The number of nitrogens with zero attached hydrogens (tertiary/aromatic N) is 1. The second kappa shape index (κ2) is 3.32. The minimum Gasteiger partial charge on any atom is -0.299 e. The molecule has 3 nitrogen and oxygen atoms in total. The summed E-state index contributed by atoms with van der Waals surface area (Å²) in [5.41, 5.74) is 0. The second-order valence-corrected chi connectivity index (χ2v) is 2.86. The largest absolute Gasteiger partial charge is 0.299 e. The molecule has 0 bridgehead atoms. The van der Waals surface area contributed by atoms with Crippen LogP contribution >= 0.6 is 11.3 Å². The number of rotatable bonds is 2. The van der Waals surface area contributed by atoms with Gasteiger partial charge in [0.25, 0.3) is 0 Å². The Labute approximate surface area is 62.6 Å². The van der Waals surface area contributed by atoms with Crippen molar-refractivity contribution in [3.05, 3.63) is 21.9 Å². The first-order valence-electron chi connectivity index (χ1n) is 2.67. The van der Waals surface area contributed by atoms with E-state index in [1.165, 1.54) is 11.3 Å². The predicted molar refractivity (Wildman–Crippen MR) is 38.0 cm³/mol. The molecule has 0 radical (unpaired) electrons. The molecule has 0 amide bonds. The fourth-order valence-electron chi connectivity index (χ4n) is 0.598. The number of hydrogen-bond acceptors (Lipinski definition) is 4. The molecule has 0 fully saturated rings. The first kappa shape index (κ1) is 7.22. The summed E-state index contributed by atoms with van der Waals surface area (Å²) in [5.74, 6) is 4.84. The van der Waals surface area contributed by atoms with Gasteiger partial charge in [-0.2, -0.15) is 5.26 Å². The van der Waals surface area contributed by atoms with E-state index < -0.39 is 0 Å². The molecule has 1 aromatic heterocycles. The van der Waals surface area contributed by atoms with Crippen LogP contribution in [0.15, 0.2) is 12.1 Å². The molecule has 1 heterocycles.